The summed E-state index contributed by atoms with van der Waals surface area (Å²) in [7, 11) is 3.53. The van der Waals surface area contributed by atoms with Gasteiger partial charge in [-0.1, -0.05) is 6.07 Å². The van der Waals surface area contributed by atoms with Crippen LogP contribution in [0, 0.1) is 0 Å². The zero-order valence-corrected chi connectivity index (χ0v) is 11.5. The third-order valence-electron chi connectivity index (χ3n) is 3.54. The number of carbonyl (C=O) groups is 1. The Morgan fingerprint density at radius 1 is 1.15 bits per heavy atom. The van der Waals surface area contributed by atoms with Crippen LogP contribution in [0.15, 0.2) is 48.8 Å². The van der Waals surface area contributed by atoms with Crippen molar-refractivity contribution in [2.24, 2.45) is 7.05 Å². The first-order valence-corrected chi connectivity index (χ1v) is 6.47. The number of hydrogen-bond donors (Lipinski definition) is 0. The standard InChI is InChI=1S/C16H16N2O2/c1-17-9-4-6-14(17)15(19)11-18-10-8-12-13(18)5-3-7-16(12)20-2/h3-10H,11H2,1-2H3. The average molecular weight is 268 g/mol. The molecule has 102 valence electrons. The summed E-state index contributed by atoms with van der Waals surface area (Å²) in [4.78, 5) is 12.3. The molecule has 0 unspecified atom stereocenters. The first-order valence-electron chi connectivity index (χ1n) is 6.47. The van der Waals surface area contributed by atoms with Gasteiger partial charge in [0, 0.05) is 24.8 Å². The van der Waals surface area contributed by atoms with Gasteiger partial charge in [-0.15, -0.1) is 0 Å². The number of carbonyl (C=O) groups excluding carboxylic acids is 1. The Kier molecular flexibility index (Phi) is 3.06. The second-order valence-electron chi connectivity index (χ2n) is 4.76. The predicted octanol–water partition coefficient (Wildman–Crippen LogP) is 2.87. The molecule has 1 aromatic carbocycles. The molecule has 0 aliphatic rings. The van der Waals surface area contributed by atoms with Gasteiger partial charge in [0.15, 0.2) is 5.78 Å². The highest BCUT2D eigenvalue weighted by Crippen LogP contribution is 2.26. The number of aryl methyl sites for hydroxylation is 1. The molecule has 0 bridgehead atoms. The minimum atomic E-state index is 0.0952. The van der Waals surface area contributed by atoms with Gasteiger partial charge in [-0.05, 0) is 30.3 Å². The van der Waals surface area contributed by atoms with Crippen LogP contribution in [0.4, 0.5) is 0 Å². The molecular weight excluding hydrogens is 252 g/mol. The number of ketones is 1. The average Bonchev–Trinajstić information content (AvgIpc) is 3.05. The summed E-state index contributed by atoms with van der Waals surface area (Å²) in [5.74, 6) is 0.922. The molecule has 0 fully saturated rings. The van der Waals surface area contributed by atoms with Gasteiger partial charge in [-0.25, -0.2) is 0 Å². The van der Waals surface area contributed by atoms with Crippen LogP contribution in [0.1, 0.15) is 10.5 Å². The number of benzene rings is 1. The molecule has 0 saturated carbocycles. The zero-order valence-electron chi connectivity index (χ0n) is 11.5. The largest absolute Gasteiger partial charge is 0.496 e. The number of nitrogens with zero attached hydrogens (tertiary/aromatic N) is 2. The number of Topliss-reactive ketones (excluding diaryl/α,β-unsaturated/α-hetero) is 1. The number of rotatable bonds is 4. The second kappa shape index (κ2) is 4.89. The monoisotopic (exact) mass is 268 g/mol. The van der Waals surface area contributed by atoms with Crippen molar-refractivity contribution >= 4 is 16.7 Å². The molecule has 2 aromatic heterocycles. The summed E-state index contributed by atoms with van der Waals surface area (Å²) >= 11 is 0. The van der Waals surface area contributed by atoms with E-state index in [1.54, 1.807) is 7.11 Å². The van der Waals surface area contributed by atoms with E-state index in [-0.39, 0.29) is 5.78 Å². The fraction of sp³-hybridized carbons (Fsp3) is 0.188. The number of aromatic nitrogens is 2. The van der Waals surface area contributed by atoms with Crippen molar-refractivity contribution in [3.63, 3.8) is 0 Å². The molecule has 0 spiro atoms. The lowest BCUT2D eigenvalue weighted by atomic mass is 10.2. The maximum absolute atomic E-state index is 12.3. The van der Waals surface area contributed by atoms with E-state index in [1.165, 1.54) is 0 Å². The minimum Gasteiger partial charge on any atom is -0.496 e. The Hall–Kier alpha value is -2.49. The highest BCUT2D eigenvalue weighted by atomic mass is 16.5. The van der Waals surface area contributed by atoms with E-state index in [4.69, 9.17) is 4.74 Å². The molecule has 4 heteroatoms. The molecular formula is C16H16N2O2. The van der Waals surface area contributed by atoms with Crippen molar-refractivity contribution in [1.29, 1.82) is 0 Å². The van der Waals surface area contributed by atoms with Crippen LogP contribution in [-0.4, -0.2) is 22.0 Å². The molecule has 0 radical (unpaired) electrons. The lowest BCUT2D eigenvalue weighted by Gasteiger charge is -2.07. The van der Waals surface area contributed by atoms with Gasteiger partial charge < -0.3 is 13.9 Å². The molecule has 0 aliphatic carbocycles. The normalized spacial score (nSPS) is 10.9. The summed E-state index contributed by atoms with van der Waals surface area (Å²) in [5.41, 5.74) is 1.72. The summed E-state index contributed by atoms with van der Waals surface area (Å²) in [6, 6.07) is 11.6. The topological polar surface area (TPSA) is 36.2 Å². The molecule has 4 nitrogen and oxygen atoms in total. The zero-order chi connectivity index (χ0) is 14.1. The number of hydrogen-bond acceptors (Lipinski definition) is 2. The first-order chi connectivity index (χ1) is 9.70. The maximum atomic E-state index is 12.3. The molecule has 0 aliphatic heterocycles. The molecule has 0 atom stereocenters. The first kappa shape index (κ1) is 12.5. The van der Waals surface area contributed by atoms with Crippen LogP contribution in [0.25, 0.3) is 10.9 Å². The van der Waals surface area contributed by atoms with Crippen LogP contribution < -0.4 is 4.74 Å². The fourth-order valence-electron chi connectivity index (χ4n) is 2.50. The van der Waals surface area contributed by atoms with Crippen molar-refractivity contribution in [2.75, 3.05) is 7.11 Å². The van der Waals surface area contributed by atoms with Crippen LogP contribution in [0.2, 0.25) is 0 Å². The lowest BCUT2D eigenvalue weighted by molar-refractivity contribution is 0.0965. The van der Waals surface area contributed by atoms with Crippen molar-refractivity contribution < 1.29 is 9.53 Å². The molecule has 3 rings (SSSR count). The van der Waals surface area contributed by atoms with Crippen molar-refractivity contribution in [1.82, 2.24) is 9.13 Å². The molecule has 2 heterocycles. The van der Waals surface area contributed by atoms with Crippen LogP contribution in [0.5, 0.6) is 5.75 Å². The molecule has 0 amide bonds. The number of ether oxygens (including phenoxy) is 1. The highest BCUT2D eigenvalue weighted by Gasteiger charge is 2.12. The van der Waals surface area contributed by atoms with Crippen LogP contribution in [0.3, 0.4) is 0 Å². The van der Waals surface area contributed by atoms with Gasteiger partial charge in [0.05, 0.1) is 24.9 Å². The molecule has 0 saturated heterocycles. The highest BCUT2D eigenvalue weighted by molar-refractivity contribution is 5.96. The third-order valence-corrected chi connectivity index (χ3v) is 3.54. The van der Waals surface area contributed by atoms with Gasteiger partial charge in [0.1, 0.15) is 5.75 Å². The van der Waals surface area contributed by atoms with E-state index in [1.807, 2.05) is 65.0 Å². The Labute approximate surface area is 117 Å². The van der Waals surface area contributed by atoms with Gasteiger partial charge in [-0.3, -0.25) is 4.79 Å². The lowest BCUT2D eigenvalue weighted by Crippen LogP contribution is -2.12. The van der Waals surface area contributed by atoms with Crippen molar-refractivity contribution in [2.45, 2.75) is 6.54 Å². The van der Waals surface area contributed by atoms with Crippen LogP contribution >= 0.6 is 0 Å². The van der Waals surface area contributed by atoms with Gasteiger partial charge in [-0.2, -0.15) is 0 Å². The SMILES string of the molecule is COc1cccc2c1ccn2CC(=O)c1cccn1C. The van der Waals surface area contributed by atoms with E-state index >= 15 is 0 Å². The summed E-state index contributed by atoms with van der Waals surface area (Å²) in [6.45, 7) is 0.328. The van der Waals surface area contributed by atoms with Gasteiger partial charge >= 0.3 is 0 Å². The van der Waals surface area contributed by atoms with E-state index in [0.29, 0.717) is 6.54 Å². The van der Waals surface area contributed by atoms with Crippen molar-refractivity contribution in [3.8, 4) is 5.75 Å². The van der Waals surface area contributed by atoms with Crippen LogP contribution in [-0.2, 0) is 13.6 Å². The van der Waals surface area contributed by atoms with E-state index in [2.05, 4.69) is 0 Å². The fourth-order valence-corrected chi connectivity index (χ4v) is 2.50. The van der Waals surface area contributed by atoms with Crippen molar-refractivity contribution in [3.05, 3.63) is 54.5 Å². The predicted molar refractivity (Wildman–Crippen MR) is 78.2 cm³/mol. The minimum absolute atomic E-state index is 0.0952. The summed E-state index contributed by atoms with van der Waals surface area (Å²) in [6.07, 6.45) is 3.80. The van der Waals surface area contributed by atoms with Gasteiger partial charge in [0.25, 0.3) is 0 Å². The van der Waals surface area contributed by atoms with Gasteiger partial charge in [0.2, 0.25) is 0 Å². The second-order valence-corrected chi connectivity index (χ2v) is 4.76. The molecule has 0 N–H and O–H groups in total. The Morgan fingerprint density at radius 2 is 2.00 bits per heavy atom. The van der Waals surface area contributed by atoms with E-state index < -0.39 is 0 Å². The maximum Gasteiger partial charge on any atom is 0.198 e. The number of methoxy groups -OCH3 is 1. The number of fused-ring (bicyclic) bond motifs is 1. The Bertz CT molecular complexity index is 768. The quantitative estimate of drug-likeness (QED) is 0.682. The summed E-state index contributed by atoms with van der Waals surface area (Å²) < 4.78 is 9.13. The van der Waals surface area contributed by atoms with E-state index in [0.717, 1.165) is 22.3 Å². The smallest absolute Gasteiger partial charge is 0.198 e. The molecule has 20 heavy (non-hydrogen) atoms. The Balaban J connectivity index is 1.96. The summed E-state index contributed by atoms with van der Waals surface area (Å²) in [5, 5.41) is 1.02. The Morgan fingerprint density at radius 3 is 2.70 bits per heavy atom. The van der Waals surface area contributed by atoms with E-state index in [9.17, 15) is 4.79 Å². The molecule has 3 aromatic rings. The third kappa shape index (κ3) is 1.99.